The molecule has 0 aromatic heterocycles. The predicted octanol–water partition coefficient (Wildman–Crippen LogP) is 3.68. The Morgan fingerprint density at radius 2 is 2.10 bits per heavy atom. The van der Waals surface area contributed by atoms with Gasteiger partial charge in [-0.05, 0) is 39.7 Å². The van der Waals surface area contributed by atoms with E-state index in [1.807, 2.05) is 0 Å². The van der Waals surface area contributed by atoms with E-state index in [1.165, 1.54) is 13.2 Å². The fraction of sp³-hybridized carbons (Fsp3) is 0.143. The molecular weight excluding hydrogens is 340 g/mol. The number of nitro benzene ring substituents is 1. The van der Waals surface area contributed by atoms with Gasteiger partial charge in [0.1, 0.15) is 5.69 Å². The second-order valence-corrected chi connectivity index (χ2v) is 5.11. The number of nitrogens with one attached hydrogen (secondary N) is 1. The molecule has 0 heterocycles. The van der Waals surface area contributed by atoms with Crippen molar-refractivity contribution in [1.29, 1.82) is 0 Å². The van der Waals surface area contributed by atoms with E-state index in [1.54, 1.807) is 30.3 Å². The summed E-state index contributed by atoms with van der Waals surface area (Å²) < 4.78 is 5.57. The lowest BCUT2D eigenvalue weighted by Gasteiger charge is -2.10. The summed E-state index contributed by atoms with van der Waals surface area (Å²) >= 11 is 3.24. The number of benzene rings is 2. The van der Waals surface area contributed by atoms with Gasteiger partial charge in [-0.1, -0.05) is 12.1 Å². The van der Waals surface area contributed by atoms with Gasteiger partial charge in [0.05, 0.1) is 16.5 Å². The molecule has 0 saturated carbocycles. The zero-order chi connectivity index (χ0) is 15.4. The lowest BCUT2D eigenvalue weighted by Crippen LogP contribution is -2.03. The minimum Gasteiger partial charge on any atom is -0.503 e. The standard InChI is InChI=1S/C14H13BrN2O4/c1-21-13-7-9(6-10(15)14(13)18)8-16-11-4-2-3-5-12(11)17(19)20/h2-7,16,18H,8H2,1H3. The molecule has 0 aliphatic heterocycles. The molecular formula is C14H13BrN2O4. The van der Waals surface area contributed by atoms with Crippen LogP contribution >= 0.6 is 15.9 Å². The molecule has 6 nitrogen and oxygen atoms in total. The molecule has 0 spiro atoms. The van der Waals surface area contributed by atoms with Crippen LogP contribution in [0.15, 0.2) is 40.9 Å². The van der Waals surface area contributed by atoms with Crippen LogP contribution in [0.5, 0.6) is 11.5 Å². The van der Waals surface area contributed by atoms with Gasteiger partial charge in [-0.2, -0.15) is 0 Å². The number of para-hydroxylation sites is 2. The largest absolute Gasteiger partial charge is 0.503 e. The fourth-order valence-corrected chi connectivity index (χ4v) is 2.35. The van der Waals surface area contributed by atoms with Gasteiger partial charge in [-0.25, -0.2) is 0 Å². The molecule has 2 aromatic carbocycles. The van der Waals surface area contributed by atoms with Crippen LogP contribution in [0.2, 0.25) is 0 Å². The van der Waals surface area contributed by atoms with E-state index in [2.05, 4.69) is 21.2 Å². The maximum absolute atomic E-state index is 10.9. The summed E-state index contributed by atoms with van der Waals surface area (Å²) in [5.74, 6) is 0.357. The molecule has 0 aliphatic carbocycles. The first-order valence-corrected chi connectivity index (χ1v) is 6.85. The maximum atomic E-state index is 10.9. The predicted molar refractivity (Wildman–Crippen MR) is 82.8 cm³/mol. The second-order valence-electron chi connectivity index (χ2n) is 4.26. The number of hydrogen-bond acceptors (Lipinski definition) is 5. The number of aromatic hydroxyl groups is 1. The number of phenols is 1. The normalized spacial score (nSPS) is 10.2. The molecule has 2 N–H and O–H groups in total. The lowest BCUT2D eigenvalue weighted by molar-refractivity contribution is -0.384. The van der Waals surface area contributed by atoms with Gasteiger partial charge in [-0.3, -0.25) is 10.1 Å². The third-order valence-electron chi connectivity index (χ3n) is 2.89. The number of halogens is 1. The van der Waals surface area contributed by atoms with Crippen LogP contribution in [0.3, 0.4) is 0 Å². The highest BCUT2D eigenvalue weighted by Crippen LogP contribution is 2.35. The Morgan fingerprint density at radius 1 is 1.38 bits per heavy atom. The van der Waals surface area contributed by atoms with Crippen molar-refractivity contribution >= 4 is 27.3 Å². The van der Waals surface area contributed by atoms with Crippen LogP contribution in [-0.4, -0.2) is 17.1 Å². The molecule has 0 aliphatic rings. The highest BCUT2D eigenvalue weighted by molar-refractivity contribution is 9.10. The summed E-state index contributed by atoms with van der Waals surface area (Å²) in [4.78, 5) is 10.5. The number of methoxy groups -OCH3 is 1. The minimum absolute atomic E-state index is 0.0160. The highest BCUT2D eigenvalue weighted by Gasteiger charge is 2.13. The minimum atomic E-state index is -0.435. The molecule has 0 fully saturated rings. The van der Waals surface area contributed by atoms with Crippen molar-refractivity contribution in [2.45, 2.75) is 6.54 Å². The quantitative estimate of drug-likeness (QED) is 0.633. The smallest absolute Gasteiger partial charge is 0.292 e. The van der Waals surface area contributed by atoms with Crippen molar-refractivity contribution in [3.05, 3.63) is 56.5 Å². The number of anilines is 1. The van der Waals surface area contributed by atoms with Crippen LogP contribution in [-0.2, 0) is 6.54 Å². The van der Waals surface area contributed by atoms with Crippen molar-refractivity contribution < 1.29 is 14.8 Å². The molecule has 0 radical (unpaired) electrons. The molecule has 2 rings (SSSR count). The second kappa shape index (κ2) is 6.45. The van der Waals surface area contributed by atoms with Crippen LogP contribution in [0.4, 0.5) is 11.4 Å². The van der Waals surface area contributed by atoms with Gasteiger partial charge in [-0.15, -0.1) is 0 Å². The number of hydrogen-bond donors (Lipinski definition) is 2. The van der Waals surface area contributed by atoms with Gasteiger partial charge < -0.3 is 15.2 Å². The van der Waals surface area contributed by atoms with E-state index >= 15 is 0 Å². The topological polar surface area (TPSA) is 84.6 Å². The van der Waals surface area contributed by atoms with Gasteiger partial charge in [0, 0.05) is 12.6 Å². The van der Waals surface area contributed by atoms with E-state index in [9.17, 15) is 15.2 Å². The molecule has 0 unspecified atom stereocenters. The van der Waals surface area contributed by atoms with Crippen molar-refractivity contribution in [3.8, 4) is 11.5 Å². The van der Waals surface area contributed by atoms with Crippen molar-refractivity contribution in [2.75, 3.05) is 12.4 Å². The summed E-state index contributed by atoms with van der Waals surface area (Å²) in [5, 5.41) is 23.7. The Kier molecular flexibility index (Phi) is 4.64. The average Bonchev–Trinajstić information content (AvgIpc) is 2.48. The molecule has 21 heavy (non-hydrogen) atoms. The zero-order valence-electron chi connectivity index (χ0n) is 11.2. The molecule has 7 heteroatoms. The van der Waals surface area contributed by atoms with E-state index in [4.69, 9.17) is 4.74 Å². The van der Waals surface area contributed by atoms with E-state index in [0.29, 0.717) is 22.5 Å². The Morgan fingerprint density at radius 3 is 2.76 bits per heavy atom. The molecule has 0 amide bonds. The number of nitro groups is 1. The third kappa shape index (κ3) is 3.43. The Balaban J connectivity index is 2.21. The van der Waals surface area contributed by atoms with Crippen LogP contribution < -0.4 is 10.1 Å². The number of phenolic OH excluding ortho intramolecular Hbond substituents is 1. The summed E-state index contributed by atoms with van der Waals surface area (Å²) in [6.07, 6.45) is 0. The van der Waals surface area contributed by atoms with Gasteiger partial charge in [0.2, 0.25) is 0 Å². The first-order valence-electron chi connectivity index (χ1n) is 6.05. The number of rotatable bonds is 5. The Hall–Kier alpha value is -2.28. The van der Waals surface area contributed by atoms with Gasteiger partial charge in [0.15, 0.2) is 11.5 Å². The molecule has 0 atom stereocenters. The highest BCUT2D eigenvalue weighted by atomic mass is 79.9. The van der Waals surface area contributed by atoms with Crippen LogP contribution in [0.1, 0.15) is 5.56 Å². The third-order valence-corrected chi connectivity index (χ3v) is 3.50. The van der Waals surface area contributed by atoms with Crippen molar-refractivity contribution in [3.63, 3.8) is 0 Å². The summed E-state index contributed by atoms with van der Waals surface area (Å²) in [7, 11) is 1.46. The SMILES string of the molecule is COc1cc(CNc2ccccc2[N+](=O)[O-])cc(Br)c1O. The first-order chi connectivity index (χ1) is 10.0. The van der Waals surface area contributed by atoms with E-state index in [0.717, 1.165) is 5.56 Å². The summed E-state index contributed by atoms with van der Waals surface area (Å²) in [6, 6.07) is 9.81. The molecule has 0 bridgehead atoms. The molecule has 0 saturated heterocycles. The Labute approximate surface area is 129 Å². The number of ether oxygens (including phenoxy) is 1. The van der Waals surface area contributed by atoms with Gasteiger partial charge >= 0.3 is 0 Å². The first kappa shape index (κ1) is 15.1. The summed E-state index contributed by atoms with van der Waals surface area (Å²) in [6.45, 7) is 0.361. The number of nitrogens with zero attached hydrogens (tertiary/aromatic N) is 1. The van der Waals surface area contributed by atoms with E-state index < -0.39 is 4.92 Å². The molecule has 110 valence electrons. The van der Waals surface area contributed by atoms with Crippen molar-refractivity contribution in [1.82, 2.24) is 0 Å². The average molecular weight is 353 g/mol. The maximum Gasteiger partial charge on any atom is 0.292 e. The van der Waals surface area contributed by atoms with E-state index in [-0.39, 0.29) is 11.4 Å². The van der Waals surface area contributed by atoms with Crippen molar-refractivity contribution in [2.24, 2.45) is 0 Å². The van der Waals surface area contributed by atoms with Crippen LogP contribution in [0.25, 0.3) is 0 Å². The monoisotopic (exact) mass is 352 g/mol. The Bertz CT molecular complexity index is 676. The lowest BCUT2D eigenvalue weighted by atomic mass is 10.2. The van der Waals surface area contributed by atoms with Crippen LogP contribution in [0, 0.1) is 10.1 Å². The van der Waals surface area contributed by atoms with Gasteiger partial charge in [0.25, 0.3) is 5.69 Å². The fourth-order valence-electron chi connectivity index (χ4n) is 1.86. The molecule has 2 aromatic rings. The zero-order valence-corrected chi connectivity index (χ0v) is 12.8. The summed E-state index contributed by atoms with van der Waals surface area (Å²) in [5.41, 5.74) is 1.27.